The zero-order valence-electron chi connectivity index (χ0n) is 14.8. The summed E-state index contributed by atoms with van der Waals surface area (Å²) in [5.41, 5.74) is 7.09. The van der Waals surface area contributed by atoms with Crippen LogP contribution in [0.1, 0.15) is 48.4 Å². The molecule has 1 aliphatic rings. The Hall–Kier alpha value is -1.24. The van der Waals surface area contributed by atoms with E-state index in [1.165, 1.54) is 29.0 Å². The summed E-state index contributed by atoms with van der Waals surface area (Å²) in [6.07, 6.45) is 7.34. The largest absolute Gasteiger partial charge is 0.356 e. The number of carbonyl (C=O) groups is 1. The first-order chi connectivity index (χ1) is 12.1. The van der Waals surface area contributed by atoms with Gasteiger partial charge in [-0.3, -0.25) is 4.79 Å². The van der Waals surface area contributed by atoms with Crippen LogP contribution >= 0.6 is 22.7 Å². The lowest BCUT2D eigenvalue weighted by atomic mass is 9.71. The zero-order valence-corrected chi connectivity index (χ0v) is 16.5. The number of nitrogens with one attached hydrogen (secondary N) is 1. The number of nitrogens with two attached hydrogens (primary N) is 1. The van der Waals surface area contributed by atoms with Crippen molar-refractivity contribution < 1.29 is 4.79 Å². The standard InChI is InChI=1S/C19H27N3OS2/c1-14-22-16(12-24-14)17-6-5-15(25-17)7-10-21-18(23)11-19(13-20)8-3-2-4-9-19/h5-6,12H,2-4,7-11,13,20H2,1H3,(H,21,23). The third kappa shape index (κ3) is 4.90. The van der Waals surface area contributed by atoms with Gasteiger partial charge < -0.3 is 11.1 Å². The first-order valence-corrected chi connectivity index (χ1v) is 10.8. The summed E-state index contributed by atoms with van der Waals surface area (Å²) in [5, 5.41) is 6.28. The SMILES string of the molecule is Cc1nc(-c2ccc(CCNC(=O)CC3(CN)CCCCC3)s2)cs1. The van der Waals surface area contributed by atoms with Crippen LogP contribution in [0, 0.1) is 12.3 Å². The minimum atomic E-state index is 0.0426. The minimum Gasteiger partial charge on any atom is -0.356 e. The molecule has 2 aromatic rings. The Balaban J connectivity index is 1.46. The van der Waals surface area contributed by atoms with Crippen LogP contribution < -0.4 is 11.1 Å². The van der Waals surface area contributed by atoms with E-state index in [9.17, 15) is 4.79 Å². The highest BCUT2D eigenvalue weighted by atomic mass is 32.1. The first kappa shape index (κ1) is 18.5. The average Bonchev–Trinajstić information content (AvgIpc) is 3.24. The molecular weight excluding hydrogens is 350 g/mol. The average molecular weight is 378 g/mol. The molecule has 1 amide bonds. The topological polar surface area (TPSA) is 68.0 Å². The summed E-state index contributed by atoms with van der Waals surface area (Å²) in [5.74, 6) is 0.152. The van der Waals surface area contributed by atoms with Crippen molar-refractivity contribution in [1.82, 2.24) is 10.3 Å². The van der Waals surface area contributed by atoms with Crippen LogP contribution in [-0.4, -0.2) is 24.0 Å². The Kier molecular flexibility index (Phi) is 6.25. The number of carbonyl (C=O) groups excluding carboxylic acids is 1. The molecule has 6 heteroatoms. The van der Waals surface area contributed by atoms with E-state index in [1.807, 2.05) is 6.92 Å². The molecule has 0 unspecified atom stereocenters. The number of hydrogen-bond acceptors (Lipinski definition) is 5. The fourth-order valence-corrected chi connectivity index (χ4v) is 5.27. The molecule has 0 aromatic carbocycles. The molecule has 0 aliphatic heterocycles. The number of rotatable bonds is 7. The number of hydrogen-bond donors (Lipinski definition) is 2. The Bertz CT molecular complexity index is 701. The molecule has 2 heterocycles. The fourth-order valence-electron chi connectivity index (χ4n) is 3.61. The van der Waals surface area contributed by atoms with Crippen molar-refractivity contribution in [2.24, 2.45) is 11.1 Å². The molecular formula is C19H27N3OS2. The molecule has 0 bridgehead atoms. The molecule has 25 heavy (non-hydrogen) atoms. The third-order valence-corrected chi connectivity index (χ3v) is 7.05. The van der Waals surface area contributed by atoms with E-state index in [-0.39, 0.29) is 11.3 Å². The highest BCUT2D eigenvalue weighted by molar-refractivity contribution is 7.16. The van der Waals surface area contributed by atoms with Gasteiger partial charge in [-0.2, -0.15) is 0 Å². The number of amides is 1. The van der Waals surface area contributed by atoms with Crippen LogP contribution in [-0.2, 0) is 11.2 Å². The lowest BCUT2D eigenvalue weighted by Crippen LogP contribution is -2.39. The predicted octanol–water partition coefficient (Wildman–Crippen LogP) is 4.14. The molecule has 0 radical (unpaired) electrons. The van der Waals surface area contributed by atoms with E-state index in [1.54, 1.807) is 22.7 Å². The molecule has 1 aliphatic carbocycles. The zero-order chi connectivity index (χ0) is 17.7. The Morgan fingerprint density at radius 3 is 2.80 bits per heavy atom. The Morgan fingerprint density at radius 2 is 2.12 bits per heavy atom. The van der Waals surface area contributed by atoms with Gasteiger partial charge in [-0.1, -0.05) is 19.3 Å². The highest BCUT2D eigenvalue weighted by Gasteiger charge is 2.32. The van der Waals surface area contributed by atoms with E-state index in [4.69, 9.17) is 5.73 Å². The molecule has 3 rings (SSSR count). The van der Waals surface area contributed by atoms with Crippen molar-refractivity contribution in [3.8, 4) is 10.6 Å². The maximum absolute atomic E-state index is 12.3. The Labute approximate surface area is 157 Å². The highest BCUT2D eigenvalue weighted by Crippen LogP contribution is 2.38. The second-order valence-electron chi connectivity index (χ2n) is 7.06. The van der Waals surface area contributed by atoms with Crippen LogP contribution in [0.2, 0.25) is 0 Å². The maximum atomic E-state index is 12.3. The molecule has 0 atom stereocenters. The van der Waals surface area contributed by atoms with Gasteiger partial charge in [-0.05, 0) is 50.3 Å². The summed E-state index contributed by atoms with van der Waals surface area (Å²) >= 11 is 3.44. The van der Waals surface area contributed by atoms with Gasteiger partial charge in [0.2, 0.25) is 5.91 Å². The van der Waals surface area contributed by atoms with Crippen molar-refractivity contribution in [2.75, 3.05) is 13.1 Å². The van der Waals surface area contributed by atoms with Crippen LogP contribution in [0.4, 0.5) is 0 Å². The molecule has 0 saturated heterocycles. The van der Waals surface area contributed by atoms with Gasteiger partial charge in [0.15, 0.2) is 0 Å². The van der Waals surface area contributed by atoms with E-state index in [0.29, 0.717) is 19.5 Å². The number of nitrogens with zero attached hydrogens (tertiary/aromatic N) is 1. The number of thiophene rings is 1. The summed E-state index contributed by atoms with van der Waals surface area (Å²) < 4.78 is 0. The number of thiazole rings is 1. The van der Waals surface area contributed by atoms with Gasteiger partial charge in [-0.25, -0.2) is 4.98 Å². The quantitative estimate of drug-likeness (QED) is 0.762. The van der Waals surface area contributed by atoms with Gasteiger partial charge in [0, 0.05) is 23.2 Å². The monoisotopic (exact) mass is 377 g/mol. The summed E-state index contributed by atoms with van der Waals surface area (Å²) in [4.78, 5) is 19.3. The smallest absolute Gasteiger partial charge is 0.220 e. The van der Waals surface area contributed by atoms with E-state index >= 15 is 0 Å². The third-order valence-electron chi connectivity index (χ3n) is 5.11. The van der Waals surface area contributed by atoms with Crippen molar-refractivity contribution in [1.29, 1.82) is 0 Å². The van der Waals surface area contributed by atoms with Gasteiger partial charge in [0.25, 0.3) is 0 Å². The molecule has 2 aromatic heterocycles. The first-order valence-electron chi connectivity index (χ1n) is 9.08. The van der Waals surface area contributed by atoms with E-state index in [2.05, 4.69) is 27.8 Å². The van der Waals surface area contributed by atoms with Crippen LogP contribution in [0.5, 0.6) is 0 Å². The molecule has 136 valence electrons. The molecule has 1 fully saturated rings. The van der Waals surface area contributed by atoms with Gasteiger partial charge in [-0.15, -0.1) is 22.7 Å². The van der Waals surface area contributed by atoms with E-state index < -0.39 is 0 Å². The van der Waals surface area contributed by atoms with Gasteiger partial charge in [0.05, 0.1) is 15.6 Å². The normalized spacial score (nSPS) is 16.7. The van der Waals surface area contributed by atoms with Crippen LogP contribution in [0.3, 0.4) is 0 Å². The summed E-state index contributed by atoms with van der Waals surface area (Å²) in [6.45, 7) is 3.34. The minimum absolute atomic E-state index is 0.0426. The second-order valence-corrected chi connectivity index (χ2v) is 9.29. The number of aryl methyl sites for hydroxylation is 1. The van der Waals surface area contributed by atoms with Crippen molar-refractivity contribution >= 4 is 28.6 Å². The van der Waals surface area contributed by atoms with Crippen LogP contribution in [0.15, 0.2) is 17.5 Å². The van der Waals surface area contributed by atoms with Crippen molar-refractivity contribution in [2.45, 2.75) is 51.9 Å². The molecule has 1 saturated carbocycles. The lowest BCUT2D eigenvalue weighted by Gasteiger charge is -2.35. The molecule has 0 spiro atoms. The maximum Gasteiger partial charge on any atom is 0.220 e. The van der Waals surface area contributed by atoms with Crippen molar-refractivity contribution in [3.63, 3.8) is 0 Å². The number of aromatic nitrogens is 1. The van der Waals surface area contributed by atoms with Gasteiger partial charge in [0.1, 0.15) is 0 Å². The molecule has 3 N–H and O–H groups in total. The second kappa shape index (κ2) is 8.43. The predicted molar refractivity (Wildman–Crippen MR) is 106 cm³/mol. The lowest BCUT2D eigenvalue weighted by molar-refractivity contribution is -0.123. The summed E-state index contributed by atoms with van der Waals surface area (Å²) in [7, 11) is 0. The molecule has 4 nitrogen and oxygen atoms in total. The van der Waals surface area contributed by atoms with E-state index in [0.717, 1.165) is 30.0 Å². The Morgan fingerprint density at radius 1 is 1.32 bits per heavy atom. The van der Waals surface area contributed by atoms with Gasteiger partial charge >= 0.3 is 0 Å². The van der Waals surface area contributed by atoms with Crippen LogP contribution in [0.25, 0.3) is 10.6 Å². The fraction of sp³-hybridized carbons (Fsp3) is 0.579. The van der Waals surface area contributed by atoms with Crippen molar-refractivity contribution in [3.05, 3.63) is 27.4 Å². The summed E-state index contributed by atoms with van der Waals surface area (Å²) in [6, 6.07) is 4.27.